The highest BCUT2D eigenvalue weighted by Crippen LogP contribution is 2.20. The van der Waals surface area contributed by atoms with Gasteiger partial charge < -0.3 is 14.6 Å². The summed E-state index contributed by atoms with van der Waals surface area (Å²) in [5.74, 6) is 1.68. The van der Waals surface area contributed by atoms with Gasteiger partial charge in [-0.3, -0.25) is 4.79 Å². The Labute approximate surface area is 159 Å². The Morgan fingerprint density at radius 1 is 1.26 bits per heavy atom. The molecule has 0 unspecified atom stereocenters. The molecule has 0 aliphatic rings. The van der Waals surface area contributed by atoms with Crippen molar-refractivity contribution in [3.05, 3.63) is 72.1 Å². The van der Waals surface area contributed by atoms with Crippen LogP contribution in [0.2, 0.25) is 0 Å². The van der Waals surface area contributed by atoms with Gasteiger partial charge in [0.15, 0.2) is 0 Å². The molecule has 0 spiro atoms. The second kappa shape index (κ2) is 8.54. The smallest absolute Gasteiger partial charge is 0.243 e. The number of nitrogens with one attached hydrogen (secondary N) is 1. The maximum Gasteiger partial charge on any atom is 0.243 e. The van der Waals surface area contributed by atoms with Crippen LogP contribution in [0.3, 0.4) is 0 Å². The number of nitrogens with zero attached hydrogens (tertiary/aromatic N) is 2. The van der Waals surface area contributed by atoms with E-state index in [0.717, 1.165) is 28.2 Å². The minimum Gasteiger partial charge on any atom is -0.491 e. The number of carbonyl (C=O) groups excluding carboxylic acids is 1. The molecule has 3 rings (SSSR count). The highest BCUT2D eigenvalue weighted by atomic mass is 16.5. The zero-order valence-corrected chi connectivity index (χ0v) is 15.9. The summed E-state index contributed by atoms with van der Waals surface area (Å²) in [6, 6.07) is 14.3. The molecule has 0 bridgehead atoms. The number of benzene rings is 2. The number of imidazole rings is 1. The standard InChI is InChI=1S/C22H25N3O2/c1-4-22(26)23-12-11-21-24-18-7-5-6-8-19(18)25(21)13-14-27-20-15-16(2)9-10-17(20)3/h4-10,15H,1,11-14H2,2-3H3,(H,23,26). The molecule has 27 heavy (non-hydrogen) atoms. The molecular weight excluding hydrogens is 338 g/mol. The van der Waals surface area contributed by atoms with Crippen LogP contribution in [0, 0.1) is 13.8 Å². The number of fused-ring (bicyclic) bond motifs is 1. The topological polar surface area (TPSA) is 56.2 Å². The van der Waals surface area contributed by atoms with Crippen LogP contribution in [0.5, 0.6) is 5.75 Å². The minimum absolute atomic E-state index is 0.170. The Kier molecular flexibility index (Phi) is 5.91. The molecule has 0 saturated carbocycles. The van der Waals surface area contributed by atoms with Crippen LogP contribution in [-0.2, 0) is 17.8 Å². The van der Waals surface area contributed by atoms with Gasteiger partial charge in [0.05, 0.1) is 17.6 Å². The van der Waals surface area contributed by atoms with Crippen molar-refractivity contribution >= 4 is 16.9 Å². The molecule has 3 aromatic rings. The molecule has 0 fully saturated rings. The summed E-state index contributed by atoms with van der Waals surface area (Å²) >= 11 is 0. The molecule has 1 N–H and O–H groups in total. The number of carbonyl (C=O) groups is 1. The summed E-state index contributed by atoms with van der Waals surface area (Å²) in [5, 5.41) is 2.81. The number of aryl methyl sites for hydroxylation is 2. The molecule has 1 aromatic heterocycles. The summed E-state index contributed by atoms with van der Waals surface area (Å²) in [5.41, 5.74) is 4.34. The lowest BCUT2D eigenvalue weighted by Crippen LogP contribution is -2.24. The quantitative estimate of drug-likeness (QED) is 0.623. The lowest BCUT2D eigenvalue weighted by atomic mass is 10.1. The van der Waals surface area contributed by atoms with Crippen molar-refractivity contribution in [1.82, 2.24) is 14.9 Å². The van der Waals surface area contributed by atoms with Gasteiger partial charge in [0.2, 0.25) is 5.91 Å². The fourth-order valence-electron chi connectivity index (χ4n) is 3.05. The zero-order chi connectivity index (χ0) is 19.2. The third-order valence-electron chi connectivity index (χ3n) is 4.48. The molecule has 2 aromatic carbocycles. The van der Waals surface area contributed by atoms with Crippen LogP contribution >= 0.6 is 0 Å². The van der Waals surface area contributed by atoms with Gasteiger partial charge >= 0.3 is 0 Å². The second-order valence-corrected chi connectivity index (χ2v) is 6.53. The Balaban J connectivity index is 1.73. The Morgan fingerprint density at radius 3 is 2.89 bits per heavy atom. The summed E-state index contributed by atoms with van der Waals surface area (Å²) in [4.78, 5) is 16.1. The largest absolute Gasteiger partial charge is 0.491 e. The normalized spacial score (nSPS) is 10.7. The van der Waals surface area contributed by atoms with Gasteiger partial charge in [0.25, 0.3) is 0 Å². The summed E-state index contributed by atoms with van der Waals surface area (Å²) < 4.78 is 8.19. The van der Waals surface area contributed by atoms with Crippen molar-refractivity contribution in [1.29, 1.82) is 0 Å². The number of aromatic nitrogens is 2. The molecule has 0 atom stereocenters. The van der Waals surface area contributed by atoms with Crippen LogP contribution < -0.4 is 10.1 Å². The molecule has 0 radical (unpaired) electrons. The van der Waals surface area contributed by atoms with E-state index < -0.39 is 0 Å². The van der Waals surface area contributed by atoms with Gasteiger partial charge in [0.1, 0.15) is 18.2 Å². The third kappa shape index (κ3) is 4.56. The van der Waals surface area contributed by atoms with Crippen molar-refractivity contribution in [3.63, 3.8) is 0 Å². The highest BCUT2D eigenvalue weighted by molar-refractivity contribution is 5.86. The van der Waals surface area contributed by atoms with Crippen LogP contribution in [0.1, 0.15) is 17.0 Å². The summed E-state index contributed by atoms with van der Waals surface area (Å²) in [6.45, 7) is 9.35. The highest BCUT2D eigenvalue weighted by Gasteiger charge is 2.11. The van der Waals surface area contributed by atoms with Gasteiger partial charge in [-0.25, -0.2) is 4.98 Å². The van der Waals surface area contributed by atoms with E-state index in [4.69, 9.17) is 9.72 Å². The molecule has 0 saturated heterocycles. The van der Waals surface area contributed by atoms with Crippen LogP contribution in [0.25, 0.3) is 11.0 Å². The van der Waals surface area contributed by atoms with E-state index in [-0.39, 0.29) is 5.91 Å². The van der Waals surface area contributed by atoms with E-state index in [9.17, 15) is 4.79 Å². The van der Waals surface area contributed by atoms with Crippen LogP contribution in [0.15, 0.2) is 55.1 Å². The first-order valence-corrected chi connectivity index (χ1v) is 9.13. The van der Waals surface area contributed by atoms with E-state index in [2.05, 4.69) is 54.6 Å². The molecule has 5 nitrogen and oxygen atoms in total. The van der Waals surface area contributed by atoms with Gasteiger partial charge in [-0.2, -0.15) is 0 Å². The first-order valence-electron chi connectivity index (χ1n) is 9.13. The summed E-state index contributed by atoms with van der Waals surface area (Å²) in [6.07, 6.45) is 1.93. The number of ether oxygens (including phenoxy) is 1. The van der Waals surface area contributed by atoms with Crippen LogP contribution in [0.4, 0.5) is 0 Å². The predicted molar refractivity (Wildman–Crippen MR) is 108 cm³/mol. The lowest BCUT2D eigenvalue weighted by Gasteiger charge is -2.13. The zero-order valence-electron chi connectivity index (χ0n) is 15.9. The molecule has 1 heterocycles. The number of hydrogen-bond donors (Lipinski definition) is 1. The number of rotatable bonds is 8. The molecule has 140 valence electrons. The van der Waals surface area contributed by atoms with Crippen molar-refractivity contribution in [3.8, 4) is 5.75 Å². The van der Waals surface area contributed by atoms with E-state index >= 15 is 0 Å². The molecule has 0 aliphatic carbocycles. The van der Waals surface area contributed by atoms with E-state index in [0.29, 0.717) is 26.1 Å². The molecular formula is C22H25N3O2. The van der Waals surface area contributed by atoms with Crippen LogP contribution in [-0.4, -0.2) is 28.6 Å². The van der Waals surface area contributed by atoms with Gasteiger partial charge in [-0.1, -0.05) is 30.8 Å². The van der Waals surface area contributed by atoms with Crippen molar-refractivity contribution < 1.29 is 9.53 Å². The number of amides is 1. The predicted octanol–water partition coefficient (Wildman–Crippen LogP) is 3.58. The Morgan fingerprint density at radius 2 is 2.07 bits per heavy atom. The average molecular weight is 363 g/mol. The fraction of sp³-hybridized carbons (Fsp3) is 0.273. The van der Waals surface area contributed by atoms with E-state index in [1.54, 1.807) is 0 Å². The lowest BCUT2D eigenvalue weighted by molar-refractivity contribution is -0.116. The van der Waals surface area contributed by atoms with Gasteiger partial charge in [-0.15, -0.1) is 0 Å². The van der Waals surface area contributed by atoms with Crippen molar-refractivity contribution in [2.75, 3.05) is 13.2 Å². The molecule has 0 aliphatic heterocycles. The Hall–Kier alpha value is -3.08. The van der Waals surface area contributed by atoms with E-state index in [1.807, 2.05) is 18.2 Å². The SMILES string of the molecule is C=CC(=O)NCCc1nc2ccccc2n1CCOc1cc(C)ccc1C. The molecule has 1 amide bonds. The first-order chi connectivity index (χ1) is 13.1. The average Bonchev–Trinajstić information content (AvgIpc) is 3.02. The second-order valence-electron chi connectivity index (χ2n) is 6.53. The summed E-state index contributed by atoms with van der Waals surface area (Å²) in [7, 11) is 0. The maximum absolute atomic E-state index is 11.4. The minimum atomic E-state index is -0.170. The van der Waals surface area contributed by atoms with Crippen molar-refractivity contribution in [2.24, 2.45) is 0 Å². The fourth-order valence-corrected chi connectivity index (χ4v) is 3.05. The molecule has 5 heteroatoms. The Bertz CT molecular complexity index is 959. The number of hydrogen-bond acceptors (Lipinski definition) is 3. The van der Waals surface area contributed by atoms with Gasteiger partial charge in [-0.05, 0) is 49.2 Å². The van der Waals surface area contributed by atoms with Crippen molar-refractivity contribution in [2.45, 2.75) is 26.8 Å². The maximum atomic E-state index is 11.4. The number of para-hydroxylation sites is 2. The first kappa shape index (κ1) is 18.7. The third-order valence-corrected chi connectivity index (χ3v) is 4.48. The monoisotopic (exact) mass is 363 g/mol. The van der Waals surface area contributed by atoms with Gasteiger partial charge in [0, 0.05) is 13.0 Å². The van der Waals surface area contributed by atoms with E-state index in [1.165, 1.54) is 11.6 Å².